The van der Waals surface area contributed by atoms with Crippen molar-refractivity contribution in [2.45, 2.75) is 103 Å². The summed E-state index contributed by atoms with van der Waals surface area (Å²) < 4.78 is 41.1. The number of hydrogen-bond acceptors (Lipinski definition) is 12. The number of esters is 1. The molecule has 378 valence electrons. The second-order valence-electron chi connectivity index (χ2n) is 18.1. The molecule has 3 aliphatic rings. The fourth-order valence-electron chi connectivity index (χ4n) is 9.05. The molecule has 7 rings (SSSR count). The first kappa shape index (κ1) is 58.8. The van der Waals surface area contributed by atoms with E-state index in [0.717, 1.165) is 44.7 Å². The largest absolute Gasteiger partial charge is 0.464 e. The Bertz CT molecular complexity index is 2530. The van der Waals surface area contributed by atoms with E-state index in [1.54, 1.807) is 27.2 Å². The molecule has 68 heavy (non-hydrogen) atoms. The van der Waals surface area contributed by atoms with Crippen LogP contribution in [0.15, 0.2) is 41.9 Å². The molecule has 6 heterocycles. The number of likely N-dealkylation sites (tertiary alicyclic amines) is 1. The molecule has 0 spiro atoms. The number of likely N-dealkylation sites (N-methyl/N-ethyl adjacent to an activating group) is 1. The molecule has 0 aliphatic carbocycles. The minimum atomic E-state index is -3.56. The lowest BCUT2D eigenvalue weighted by molar-refractivity contribution is -0.155. The van der Waals surface area contributed by atoms with Crippen LogP contribution >= 0.6 is 65.3 Å². The van der Waals surface area contributed by atoms with E-state index >= 15 is 0 Å². The van der Waals surface area contributed by atoms with Crippen LogP contribution in [-0.4, -0.2) is 132 Å². The summed E-state index contributed by atoms with van der Waals surface area (Å²) in [5, 5.41) is 7.19. The van der Waals surface area contributed by atoms with E-state index in [-0.39, 0.29) is 92.1 Å². The van der Waals surface area contributed by atoms with Gasteiger partial charge in [-0.15, -0.1) is 11.3 Å². The molecule has 4 aromatic rings. The molecule has 3 aromatic heterocycles. The summed E-state index contributed by atoms with van der Waals surface area (Å²) in [5.74, 6) is -1.86. The van der Waals surface area contributed by atoms with Gasteiger partial charge in [-0.3, -0.25) is 24.4 Å². The van der Waals surface area contributed by atoms with E-state index in [1.165, 1.54) is 40.2 Å². The number of methoxy groups -OCH3 is 1. The lowest BCUT2D eigenvalue weighted by Crippen LogP contribution is -2.65. The molecular formula is C45H69N9O8S6. The monoisotopic (exact) mass is 1060 g/mol. The van der Waals surface area contributed by atoms with Crippen molar-refractivity contribution in [3.63, 3.8) is 0 Å². The number of aromatic nitrogens is 3. The minimum Gasteiger partial charge on any atom is -0.464 e. The number of hydrazine groups is 1. The van der Waals surface area contributed by atoms with Crippen LogP contribution in [0.2, 0.25) is 0 Å². The van der Waals surface area contributed by atoms with Crippen LogP contribution < -0.4 is 15.5 Å². The van der Waals surface area contributed by atoms with Crippen LogP contribution in [0.25, 0.3) is 33.4 Å². The van der Waals surface area contributed by atoms with Crippen molar-refractivity contribution in [1.82, 2.24) is 44.8 Å². The fraction of sp³-hybridized carbons (Fsp3) is 0.556. The molecule has 23 heteroatoms. The van der Waals surface area contributed by atoms with Gasteiger partial charge in [0.05, 0.1) is 34.8 Å². The number of urea groups is 1. The average molecular weight is 1060 g/mol. The van der Waals surface area contributed by atoms with Crippen LogP contribution in [0.3, 0.4) is 0 Å². The van der Waals surface area contributed by atoms with Gasteiger partial charge in [-0.2, -0.15) is 54.0 Å². The lowest BCUT2D eigenvalue weighted by atomic mass is 9.84. The average Bonchev–Trinajstić information content (AvgIpc) is 3.85. The van der Waals surface area contributed by atoms with Gasteiger partial charge in [0.25, 0.3) is 5.91 Å². The lowest BCUT2D eigenvalue weighted by Gasteiger charge is -2.42. The van der Waals surface area contributed by atoms with E-state index in [9.17, 15) is 27.6 Å². The van der Waals surface area contributed by atoms with Gasteiger partial charge in [0, 0.05) is 85.8 Å². The number of nitrogens with zero attached hydrogens (tertiary/aromatic N) is 6. The number of thiazole rings is 1. The highest BCUT2D eigenvalue weighted by Crippen LogP contribution is 2.42. The van der Waals surface area contributed by atoms with E-state index < -0.39 is 62.6 Å². The topological polar surface area (TPSA) is 197 Å². The highest BCUT2D eigenvalue weighted by atomic mass is 32.2. The number of rotatable bonds is 10. The SMILES string of the molecule is CCn1c(-c2cccnc2[C@H](C)OC)c2c3cc(ccc31)-c1csc(n1)C[C@H](NC(=O)[C@H](C(C)C)N(C)C(=O)N1CC(S(=O)(=O)NC)C1)C(=O)N1CCC[C@H](N1)C(=O)OCC(C)(C)C2.S.S.S.S. The van der Waals surface area contributed by atoms with Crippen molar-refractivity contribution < 1.29 is 37.1 Å². The first-order chi connectivity index (χ1) is 30.4. The molecule has 1 aromatic carbocycles. The van der Waals surface area contributed by atoms with Gasteiger partial charge in [-0.05, 0) is 75.9 Å². The number of ether oxygens (including phenoxy) is 2. The van der Waals surface area contributed by atoms with Crippen molar-refractivity contribution in [2.75, 3.05) is 47.4 Å². The van der Waals surface area contributed by atoms with Crippen LogP contribution in [0.4, 0.5) is 4.79 Å². The molecular weight excluding hydrogens is 987 g/mol. The highest BCUT2D eigenvalue weighted by Gasteiger charge is 2.43. The maximum atomic E-state index is 14.5. The standard InChI is InChI=1S/C45H61N9O8S2.4H2S/c1-10-53-36-16-15-28-19-31(36)32(40(53)30-13-11-17-47-38(30)27(4)61-9)21-45(5,6)25-62-43(57)33-14-12-18-54(50-33)42(56)34(20-37-48-35(28)24-63-37)49-41(55)39(26(2)3)51(8)44(58)52-22-29(23-52)64(59,60)46-7;;;;/h11,13,15-17,19,24,26-27,29,33-34,39,46,50H,10,12,14,18,20-23,25H2,1-9H3,(H,49,55);4*1H2/t27-,33-,34-,39-;;;;/m0..../s1. The van der Waals surface area contributed by atoms with E-state index in [2.05, 4.69) is 59.0 Å². The Hall–Kier alpha value is -3.55. The highest BCUT2D eigenvalue weighted by molar-refractivity contribution is 7.90. The third-order valence-electron chi connectivity index (χ3n) is 12.6. The fourth-order valence-corrected chi connectivity index (χ4v) is 11.0. The summed E-state index contributed by atoms with van der Waals surface area (Å²) in [6, 6.07) is 6.91. The van der Waals surface area contributed by atoms with Crippen molar-refractivity contribution in [3.05, 3.63) is 58.2 Å². The second kappa shape index (κ2) is 24.0. The maximum Gasteiger partial charge on any atom is 0.324 e. The summed E-state index contributed by atoms with van der Waals surface area (Å²) in [7, 11) is 0.949. The summed E-state index contributed by atoms with van der Waals surface area (Å²) in [4.78, 5) is 68.8. The number of benzene rings is 1. The van der Waals surface area contributed by atoms with Crippen molar-refractivity contribution >= 4 is 110 Å². The number of sulfonamides is 1. The molecule has 2 fully saturated rings. The van der Waals surface area contributed by atoms with Crippen LogP contribution in [-0.2, 0) is 53.3 Å². The Morgan fingerprint density at radius 3 is 2.46 bits per heavy atom. The minimum absolute atomic E-state index is 0. The summed E-state index contributed by atoms with van der Waals surface area (Å²) in [5.41, 5.74) is 9.12. The van der Waals surface area contributed by atoms with Gasteiger partial charge in [0.1, 0.15) is 23.4 Å². The Morgan fingerprint density at radius 2 is 1.81 bits per heavy atom. The van der Waals surface area contributed by atoms with Crippen molar-refractivity contribution in [1.29, 1.82) is 0 Å². The Labute approximate surface area is 432 Å². The molecule has 0 radical (unpaired) electrons. The van der Waals surface area contributed by atoms with E-state index in [0.29, 0.717) is 37.4 Å². The predicted molar refractivity (Wildman–Crippen MR) is 286 cm³/mol. The molecule has 6 bridgehead atoms. The molecule has 3 aliphatic heterocycles. The third-order valence-corrected chi connectivity index (χ3v) is 15.2. The van der Waals surface area contributed by atoms with Gasteiger partial charge < -0.3 is 29.2 Å². The van der Waals surface area contributed by atoms with Gasteiger partial charge in [-0.1, -0.05) is 33.8 Å². The Morgan fingerprint density at radius 1 is 1.10 bits per heavy atom. The molecule has 0 unspecified atom stereocenters. The summed E-state index contributed by atoms with van der Waals surface area (Å²) >= 11 is 1.38. The van der Waals surface area contributed by atoms with Gasteiger partial charge in [0.15, 0.2) is 0 Å². The zero-order valence-corrected chi connectivity index (χ0v) is 45.8. The van der Waals surface area contributed by atoms with Gasteiger partial charge in [0.2, 0.25) is 15.9 Å². The molecule has 4 amide bonds. The van der Waals surface area contributed by atoms with Crippen molar-refractivity contribution in [2.24, 2.45) is 11.3 Å². The summed E-state index contributed by atoms with van der Waals surface area (Å²) in [6.07, 6.45) is 3.09. The van der Waals surface area contributed by atoms with Gasteiger partial charge >= 0.3 is 12.0 Å². The zero-order valence-electron chi connectivity index (χ0n) is 40.1. The number of nitrogens with one attached hydrogen (secondary N) is 3. The predicted octanol–water partition coefficient (Wildman–Crippen LogP) is 4.96. The number of fused-ring (bicyclic) bond motifs is 6. The Balaban J connectivity index is 0.00000306. The van der Waals surface area contributed by atoms with Crippen molar-refractivity contribution in [3.8, 4) is 22.5 Å². The normalized spacial score (nSPS) is 19.4. The number of carbonyl (C=O) groups is 4. The summed E-state index contributed by atoms with van der Waals surface area (Å²) in [6.45, 7) is 12.9. The number of carbonyl (C=O) groups excluding carboxylic acids is 4. The van der Waals surface area contributed by atoms with E-state index in [4.69, 9.17) is 19.4 Å². The molecule has 3 N–H and O–H groups in total. The maximum absolute atomic E-state index is 14.5. The molecule has 0 saturated carbocycles. The number of hydrogen-bond donors (Lipinski definition) is 3. The van der Waals surface area contributed by atoms with E-state index in [1.807, 2.05) is 24.4 Å². The smallest absolute Gasteiger partial charge is 0.324 e. The molecule has 17 nitrogen and oxygen atoms in total. The zero-order chi connectivity index (χ0) is 46.2. The molecule has 4 atom stereocenters. The first-order valence-corrected chi connectivity index (χ1v) is 24.4. The second-order valence-corrected chi connectivity index (χ2v) is 21.2. The quantitative estimate of drug-likeness (QED) is 0.182. The number of aryl methyl sites for hydroxylation is 1. The number of amides is 4. The number of pyridine rings is 1. The number of cyclic esters (lactones) is 1. The molecule has 2 saturated heterocycles. The Kier molecular flexibility index (Phi) is 20.8. The van der Waals surface area contributed by atoms with Gasteiger partial charge in [-0.25, -0.2) is 28.3 Å². The first-order valence-electron chi connectivity index (χ1n) is 21.9. The third kappa shape index (κ3) is 12.1. The van der Waals surface area contributed by atoms with Crippen LogP contribution in [0, 0.1) is 11.3 Å². The van der Waals surface area contributed by atoms with Crippen LogP contribution in [0.1, 0.15) is 76.8 Å². The van der Waals surface area contributed by atoms with Crippen LogP contribution in [0.5, 0.6) is 0 Å².